The Morgan fingerprint density at radius 2 is 1.40 bits per heavy atom. The van der Waals surface area contributed by atoms with Crippen LogP contribution in [0.1, 0.15) is 112 Å². The van der Waals surface area contributed by atoms with Crippen molar-refractivity contribution < 1.29 is 81.9 Å². The maximum Gasteiger partial charge on any atom is 0.509 e. The van der Waals surface area contributed by atoms with Crippen molar-refractivity contribution >= 4 is 35.5 Å². The van der Waals surface area contributed by atoms with E-state index in [1.54, 1.807) is 97.9 Å². The number of esters is 1. The van der Waals surface area contributed by atoms with Crippen LogP contribution in [0.4, 0.5) is 9.59 Å². The third kappa shape index (κ3) is 15.8. The Morgan fingerprint density at radius 1 is 0.787 bits per heavy atom. The molecule has 0 aliphatic carbocycles. The number of aliphatic hydroxyl groups is 3. The molecule has 444 valence electrons. The van der Waals surface area contributed by atoms with Gasteiger partial charge in [0, 0.05) is 56.0 Å². The lowest BCUT2D eigenvalue weighted by atomic mass is 9.73. The van der Waals surface area contributed by atoms with E-state index in [1.165, 1.54) is 26.2 Å². The van der Waals surface area contributed by atoms with Crippen LogP contribution in [0, 0.1) is 23.7 Å². The number of carbonyl (C=O) groups is 3. The summed E-state index contributed by atoms with van der Waals surface area (Å²) in [7, 11) is 4.45. The van der Waals surface area contributed by atoms with Crippen molar-refractivity contribution in [3.05, 3.63) is 107 Å². The van der Waals surface area contributed by atoms with E-state index >= 15 is 0 Å². The molecule has 0 unspecified atom stereocenters. The van der Waals surface area contributed by atoms with Gasteiger partial charge in [-0.05, 0) is 78.0 Å². The number of carbonyl (C=O) groups excluding carboxylic acids is 3. The maximum atomic E-state index is 14.9. The molecule has 3 aliphatic rings. The Bertz CT molecular complexity index is 2490. The van der Waals surface area contributed by atoms with Crippen molar-refractivity contribution in [3.8, 4) is 0 Å². The average Bonchev–Trinajstić information content (AvgIpc) is 3.54. The highest BCUT2D eigenvalue weighted by atomic mass is 35.5. The highest BCUT2D eigenvalue weighted by Crippen LogP contribution is 2.42. The summed E-state index contributed by atoms with van der Waals surface area (Å²) in [5, 5.41) is 42.5. The third-order valence-electron chi connectivity index (χ3n) is 16.2. The second-order valence-corrected chi connectivity index (χ2v) is 22.9. The summed E-state index contributed by atoms with van der Waals surface area (Å²) in [6.07, 6.45) is -13.0. The van der Waals surface area contributed by atoms with Crippen molar-refractivity contribution in [2.24, 2.45) is 28.8 Å². The third-order valence-corrected chi connectivity index (χ3v) is 16.5. The van der Waals surface area contributed by atoms with Gasteiger partial charge in [0.2, 0.25) is 0 Å². The quantitative estimate of drug-likeness (QED) is 0.0690. The molecule has 3 saturated heterocycles. The van der Waals surface area contributed by atoms with Crippen LogP contribution in [0.2, 0.25) is 5.02 Å². The zero-order chi connectivity index (χ0) is 58.7. The predicted molar refractivity (Wildman–Crippen MR) is 296 cm³/mol. The summed E-state index contributed by atoms with van der Waals surface area (Å²) in [6.45, 7) is 16.9. The van der Waals surface area contributed by atoms with Crippen molar-refractivity contribution in [3.63, 3.8) is 0 Å². The lowest BCUT2D eigenvalue weighted by Crippen LogP contribution is -2.62. The van der Waals surface area contributed by atoms with E-state index in [4.69, 9.17) is 69.0 Å². The monoisotopic (exact) mass is 1140 g/mol. The number of likely N-dealkylation sites (N-methyl/N-ethyl adjacent to an activating group) is 1. The molecule has 18 atom stereocenters. The summed E-state index contributed by atoms with van der Waals surface area (Å²) < 4.78 is 62.9. The van der Waals surface area contributed by atoms with Gasteiger partial charge in [0.15, 0.2) is 18.7 Å². The van der Waals surface area contributed by atoms with Gasteiger partial charge in [-0.15, -0.1) is 0 Å². The molecule has 0 spiro atoms. The number of cyclic esters (lactones) is 1. The summed E-state index contributed by atoms with van der Waals surface area (Å²) in [5.74, 6) is -4.39. The van der Waals surface area contributed by atoms with Crippen molar-refractivity contribution in [1.29, 1.82) is 0 Å². The lowest BCUT2D eigenvalue weighted by molar-refractivity contribution is -0.318. The smallest absolute Gasteiger partial charge is 0.459 e. The number of ether oxygens (including phenoxy) is 10. The lowest BCUT2D eigenvalue weighted by Gasteiger charge is -2.49. The van der Waals surface area contributed by atoms with Crippen molar-refractivity contribution in [2.45, 2.75) is 199 Å². The zero-order valence-electron chi connectivity index (χ0n) is 48.5. The van der Waals surface area contributed by atoms with E-state index in [2.05, 4.69) is 0 Å². The topological polar surface area (TPSA) is 229 Å². The van der Waals surface area contributed by atoms with E-state index in [-0.39, 0.29) is 45.5 Å². The van der Waals surface area contributed by atoms with Gasteiger partial charge in [-0.1, -0.05) is 123 Å². The number of halogens is 1. The molecule has 3 N–H and O–H groups in total. The number of nitrogens with zero attached hydrogens (tertiary/aromatic N) is 2. The number of methoxy groups -OCH3 is 2. The van der Waals surface area contributed by atoms with Gasteiger partial charge in [-0.2, -0.15) is 0 Å². The van der Waals surface area contributed by atoms with Crippen molar-refractivity contribution in [1.82, 2.24) is 4.90 Å². The van der Waals surface area contributed by atoms with E-state index in [0.717, 1.165) is 5.56 Å². The fraction of sp³-hybridized carbons (Fsp3) is 0.633. The van der Waals surface area contributed by atoms with E-state index in [9.17, 15) is 29.7 Å². The van der Waals surface area contributed by atoms with Crippen LogP contribution < -0.4 is 0 Å². The molecule has 0 bridgehead atoms. The van der Waals surface area contributed by atoms with Crippen LogP contribution in [0.15, 0.2) is 90.1 Å². The Labute approximate surface area is 476 Å². The summed E-state index contributed by atoms with van der Waals surface area (Å²) in [5.41, 5.74) is -2.46. The summed E-state index contributed by atoms with van der Waals surface area (Å²) >= 11 is 6.54. The Kier molecular flexibility index (Phi) is 22.8. The number of benzene rings is 3. The second kappa shape index (κ2) is 28.4. The molecule has 0 saturated carbocycles. The van der Waals surface area contributed by atoms with Gasteiger partial charge < -0.3 is 72.4 Å². The fourth-order valence-electron chi connectivity index (χ4n) is 11.6. The largest absolute Gasteiger partial charge is 0.509 e. The number of hydrogen-bond donors (Lipinski definition) is 3. The van der Waals surface area contributed by atoms with E-state index < -0.39 is 126 Å². The first-order chi connectivity index (χ1) is 37.8. The van der Waals surface area contributed by atoms with Gasteiger partial charge in [0.05, 0.1) is 59.4 Å². The molecule has 0 aromatic heterocycles. The highest BCUT2D eigenvalue weighted by Gasteiger charge is 2.55. The molecule has 3 heterocycles. The first-order valence-electron chi connectivity index (χ1n) is 27.6. The van der Waals surface area contributed by atoms with Crippen LogP contribution in [-0.4, -0.2) is 150 Å². The molecule has 3 fully saturated rings. The van der Waals surface area contributed by atoms with E-state index in [0.29, 0.717) is 21.9 Å². The van der Waals surface area contributed by atoms with Gasteiger partial charge >= 0.3 is 18.2 Å². The second-order valence-electron chi connectivity index (χ2n) is 22.5. The molecule has 3 aromatic rings. The molecule has 3 aromatic carbocycles. The molecular formula is C60H85ClN2O17. The number of hydrogen-bond acceptors (Lipinski definition) is 18. The molecule has 20 heteroatoms. The van der Waals surface area contributed by atoms with Gasteiger partial charge in [0.25, 0.3) is 0 Å². The van der Waals surface area contributed by atoms with Gasteiger partial charge in [0.1, 0.15) is 37.6 Å². The normalized spacial score (nSPS) is 36.0. The minimum atomic E-state index is -1.95. The molecule has 19 nitrogen and oxygen atoms in total. The standard InChI is InChI=1S/C60H85ClN2O17/c1-14-46-60(10,69)53(70-12)37(4)48(62-74-34-43-27-21-22-28-44(43)61)35(2)30-58(8,68)52(38(5)49(39(6)54(65)77-46)78-47-31-59(9,71-13)51(64)40(7)76-47)80-55-50(79-57(67)73-33-42-25-19-16-20-26-42)45(29-36(3)75-55)63(11)56(66)72-32-41-23-17-15-18-24-41/h15-28,35-40,45-47,49-53,55,64,68-69H,14,29-34H2,1-13H3/b62-48-/t35-,36-,37+,38+,39-,40+,45+,46-,47+,49+,50-,51+,52-,53-,55+,58-,59-,60-/m1/s1. The Morgan fingerprint density at radius 3 is 2.00 bits per heavy atom. The highest BCUT2D eigenvalue weighted by molar-refractivity contribution is 6.31. The minimum Gasteiger partial charge on any atom is -0.459 e. The molecule has 80 heavy (non-hydrogen) atoms. The first-order valence-corrected chi connectivity index (χ1v) is 28.0. The van der Waals surface area contributed by atoms with Crippen molar-refractivity contribution in [2.75, 3.05) is 21.3 Å². The van der Waals surface area contributed by atoms with Gasteiger partial charge in [-0.25, -0.2) is 9.59 Å². The first kappa shape index (κ1) is 64.2. The zero-order valence-corrected chi connectivity index (χ0v) is 49.3. The fourth-order valence-corrected chi connectivity index (χ4v) is 11.8. The molecule has 1 amide bonds. The SMILES string of the molecule is CC[C@H]1OC(=O)[C@H](C)[C@@H](O[C@H]2C[C@@](C)(OC)[C@@H](O)[C@H](C)O2)[C@H](C)[C@@H](O[C@@H]2O[C@H](C)C[C@H](N(C)C(=O)OCc3ccccc3)[C@H]2OC(=O)OCc2ccccc2)[C@](C)(O)C[C@@H](C)/C(=N/OCc2ccccc2Cl)[C@H](C)[C@@H](OC)[C@]1(C)O. The average molecular weight is 1140 g/mol. The molecule has 0 radical (unpaired) electrons. The Balaban J connectivity index is 1.48. The minimum absolute atomic E-state index is 0.0192. The van der Waals surface area contributed by atoms with Crippen LogP contribution in [0.25, 0.3) is 0 Å². The van der Waals surface area contributed by atoms with Crippen LogP contribution in [0.5, 0.6) is 0 Å². The molecule has 6 rings (SSSR count). The van der Waals surface area contributed by atoms with E-state index in [1.807, 2.05) is 56.3 Å². The maximum absolute atomic E-state index is 14.9. The Hall–Kier alpha value is -4.93. The van der Waals surface area contributed by atoms with Crippen LogP contribution in [-0.2, 0) is 76.8 Å². The molecular weight excluding hydrogens is 1060 g/mol. The number of rotatable bonds is 16. The van der Waals surface area contributed by atoms with Gasteiger partial charge in [-0.3, -0.25) is 4.79 Å². The number of oxime groups is 1. The predicted octanol–water partition coefficient (Wildman–Crippen LogP) is 9.16. The molecule has 3 aliphatic heterocycles. The summed E-state index contributed by atoms with van der Waals surface area (Å²) in [6, 6.07) is 24.4. The van der Waals surface area contributed by atoms with Crippen LogP contribution in [0.3, 0.4) is 0 Å². The summed E-state index contributed by atoms with van der Waals surface area (Å²) in [4.78, 5) is 50.4. The number of aliphatic hydroxyl groups excluding tert-OH is 1. The number of amides is 1. The van der Waals surface area contributed by atoms with Crippen LogP contribution >= 0.6 is 11.6 Å².